The molecule has 0 radical (unpaired) electrons. The molecular formula is C23H26F2N6O. The Kier molecular flexibility index (Phi) is 7.32. The summed E-state index contributed by atoms with van der Waals surface area (Å²) in [6, 6.07) is 10.3. The molecule has 0 bridgehead atoms. The number of anilines is 3. The van der Waals surface area contributed by atoms with E-state index in [2.05, 4.69) is 20.6 Å². The standard InChI is InChI=1S/C23H26F2N6O/c1-13(2)9-15(12-26)30-23-19(25)11-17(21(27)32)22(31-23)29-14-7-8-28-20(10-14)16-5-3-4-6-18(16)24/h3-8,10-11,13,15H,9,12,26H2,1-2H3,(H2,27,32)(H2,28,29,30,31)/t15-/m1/s1. The lowest BCUT2D eigenvalue weighted by Crippen LogP contribution is -2.31. The van der Waals surface area contributed by atoms with Gasteiger partial charge < -0.3 is 22.1 Å². The van der Waals surface area contributed by atoms with Gasteiger partial charge in [0.25, 0.3) is 5.91 Å². The summed E-state index contributed by atoms with van der Waals surface area (Å²) in [5.41, 5.74) is 12.3. The summed E-state index contributed by atoms with van der Waals surface area (Å²) in [6.07, 6.45) is 2.21. The Morgan fingerprint density at radius 1 is 1.09 bits per heavy atom. The van der Waals surface area contributed by atoms with Gasteiger partial charge in [-0.1, -0.05) is 26.0 Å². The van der Waals surface area contributed by atoms with Gasteiger partial charge in [0.15, 0.2) is 11.6 Å². The Morgan fingerprint density at radius 3 is 2.50 bits per heavy atom. The van der Waals surface area contributed by atoms with Crippen molar-refractivity contribution in [1.29, 1.82) is 0 Å². The van der Waals surface area contributed by atoms with E-state index >= 15 is 0 Å². The Balaban J connectivity index is 1.95. The van der Waals surface area contributed by atoms with Gasteiger partial charge in [-0.15, -0.1) is 0 Å². The molecule has 0 spiro atoms. The van der Waals surface area contributed by atoms with Gasteiger partial charge in [-0.25, -0.2) is 13.8 Å². The predicted molar refractivity (Wildman–Crippen MR) is 122 cm³/mol. The molecule has 168 valence electrons. The van der Waals surface area contributed by atoms with Crippen LogP contribution in [0.3, 0.4) is 0 Å². The van der Waals surface area contributed by atoms with E-state index in [0.717, 1.165) is 6.07 Å². The number of nitrogens with one attached hydrogen (secondary N) is 2. The zero-order valence-electron chi connectivity index (χ0n) is 17.9. The van der Waals surface area contributed by atoms with E-state index in [9.17, 15) is 13.6 Å². The van der Waals surface area contributed by atoms with Crippen molar-refractivity contribution in [2.45, 2.75) is 26.3 Å². The summed E-state index contributed by atoms with van der Waals surface area (Å²) in [4.78, 5) is 20.4. The number of hydrogen-bond acceptors (Lipinski definition) is 6. The van der Waals surface area contributed by atoms with Gasteiger partial charge in [-0.2, -0.15) is 0 Å². The van der Waals surface area contributed by atoms with Gasteiger partial charge in [0, 0.05) is 30.0 Å². The van der Waals surface area contributed by atoms with E-state index in [0.29, 0.717) is 29.3 Å². The first kappa shape index (κ1) is 23.1. The maximum Gasteiger partial charge on any atom is 0.252 e. The Morgan fingerprint density at radius 2 is 1.84 bits per heavy atom. The van der Waals surface area contributed by atoms with Gasteiger partial charge >= 0.3 is 0 Å². The summed E-state index contributed by atoms with van der Waals surface area (Å²) < 4.78 is 28.8. The van der Waals surface area contributed by atoms with Crippen LogP contribution in [0.15, 0.2) is 48.7 Å². The van der Waals surface area contributed by atoms with E-state index in [4.69, 9.17) is 11.5 Å². The maximum atomic E-state index is 14.6. The first-order valence-electron chi connectivity index (χ1n) is 10.2. The SMILES string of the molecule is CC(C)C[C@H](CN)Nc1nc(Nc2ccnc(-c3ccccc3F)c2)c(C(N)=O)cc1F. The zero-order chi connectivity index (χ0) is 23.3. The summed E-state index contributed by atoms with van der Waals surface area (Å²) in [7, 11) is 0. The van der Waals surface area contributed by atoms with E-state index in [1.165, 1.54) is 12.3 Å². The van der Waals surface area contributed by atoms with Crippen molar-refractivity contribution in [2.24, 2.45) is 17.4 Å². The summed E-state index contributed by atoms with van der Waals surface area (Å²) in [5.74, 6) is -1.61. The smallest absolute Gasteiger partial charge is 0.252 e. The van der Waals surface area contributed by atoms with Crippen LogP contribution in [-0.2, 0) is 0 Å². The molecule has 0 aliphatic carbocycles. The third kappa shape index (κ3) is 5.55. The van der Waals surface area contributed by atoms with Gasteiger partial charge in [-0.3, -0.25) is 9.78 Å². The molecular weight excluding hydrogens is 414 g/mol. The predicted octanol–water partition coefficient (Wildman–Crippen LogP) is 4.05. The third-order valence-corrected chi connectivity index (χ3v) is 4.80. The van der Waals surface area contributed by atoms with Crippen molar-refractivity contribution < 1.29 is 13.6 Å². The van der Waals surface area contributed by atoms with Crippen molar-refractivity contribution in [3.63, 3.8) is 0 Å². The third-order valence-electron chi connectivity index (χ3n) is 4.80. The Bertz CT molecular complexity index is 1110. The fraction of sp³-hybridized carbons (Fsp3) is 0.261. The van der Waals surface area contributed by atoms with Crippen molar-refractivity contribution in [2.75, 3.05) is 17.2 Å². The van der Waals surface area contributed by atoms with E-state index in [-0.39, 0.29) is 29.8 Å². The molecule has 0 fully saturated rings. The molecule has 9 heteroatoms. The second-order valence-corrected chi connectivity index (χ2v) is 7.82. The molecule has 0 aliphatic heterocycles. The van der Waals surface area contributed by atoms with Crippen LogP contribution in [-0.4, -0.2) is 28.5 Å². The van der Waals surface area contributed by atoms with Crippen LogP contribution in [0.5, 0.6) is 0 Å². The second-order valence-electron chi connectivity index (χ2n) is 7.82. The number of aromatic nitrogens is 2. The topological polar surface area (TPSA) is 119 Å². The molecule has 0 unspecified atom stereocenters. The molecule has 0 saturated heterocycles. The van der Waals surface area contributed by atoms with Crippen LogP contribution >= 0.6 is 0 Å². The number of benzene rings is 1. The molecule has 32 heavy (non-hydrogen) atoms. The van der Waals surface area contributed by atoms with Crippen molar-refractivity contribution in [1.82, 2.24) is 9.97 Å². The monoisotopic (exact) mass is 440 g/mol. The van der Waals surface area contributed by atoms with Crippen molar-refractivity contribution >= 4 is 23.2 Å². The normalized spacial score (nSPS) is 11.9. The van der Waals surface area contributed by atoms with Crippen molar-refractivity contribution in [3.05, 3.63) is 65.9 Å². The minimum absolute atomic E-state index is 0.0445. The number of nitrogens with zero attached hydrogens (tertiary/aromatic N) is 2. The number of amides is 1. The maximum absolute atomic E-state index is 14.6. The average molecular weight is 440 g/mol. The highest BCUT2D eigenvalue weighted by molar-refractivity contribution is 5.98. The molecule has 1 atom stereocenters. The molecule has 3 rings (SSSR count). The fourth-order valence-corrected chi connectivity index (χ4v) is 3.31. The molecule has 3 aromatic rings. The Labute approximate surface area is 185 Å². The van der Waals surface area contributed by atoms with Crippen LogP contribution in [0.1, 0.15) is 30.6 Å². The molecule has 1 amide bonds. The van der Waals surface area contributed by atoms with Crippen LogP contribution in [0.25, 0.3) is 11.3 Å². The van der Waals surface area contributed by atoms with E-state index in [1.807, 2.05) is 13.8 Å². The minimum atomic E-state index is -0.841. The highest BCUT2D eigenvalue weighted by atomic mass is 19.1. The highest BCUT2D eigenvalue weighted by Gasteiger charge is 2.19. The minimum Gasteiger partial charge on any atom is -0.365 e. The number of carbonyl (C=O) groups excluding carboxylic acids is 1. The molecule has 0 aliphatic rings. The number of pyridine rings is 2. The lowest BCUT2D eigenvalue weighted by atomic mass is 10.0. The van der Waals surface area contributed by atoms with Gasteiger partial charge in [-0.05, 0) is 42.7 Å². The quantitative estimate of drug-likeness (QED) is 0.399. The fourth-order valence-electron chi connectivity index (χ4n) is 3.31. The number of halogens is 2. The Hall–Kier alpha value is -3.59. The van der Waals surface area contributed by atoms with Crippen LogP contribution in [0, 0.1) is 17.6 Å². The second kappa shape index (κ2) is 10.1. The molecule has 0 saturated carbocycles. The molecule has 2 heterocycles. The summed E-state index contributed by atoms with van der Waals surface area (Å²) in [6.45, 7) is 4.36. The molecule has 1 aromatic carbocycles. The van der Waals surface area contributed by atoms with Gasteiger partial charge in [0.2, 0.25) is 0 Å². The number of carbonyl (C=O) groups is 1. The lowest BCUT2D eigenvalue weighted by Gasteiger charge is -2.21. The number of hydrogen-bond donors (Lipinski definition) is 4. The van der Waals surface area contributed by atoms with E-state index < -0.39 is 17.5 Å². The first-order chi connectivity index (χ1) is 15.3. The first-order valence-corrected chi connectivity index (χ1v) is 10.2. The largest absolute Gasteiger partial charge is 0.365 e. The van der Waals surface area contributed by atoms with E-state index in [1.54, 1.807) is 30.3 Å². The summed E-state index contributed by atoms with van der Waals surface area (Å²) >= 11 is 0. The lowest BCUT2D eigenvalue weighted by molar-refractivity contribution is 0.100. The van der Waals surface area contributed by atoms with Crippen LogP contribution in [0.4, 0.5) is 26.1 Å². The molecule has 7 nitrogen and oxygen atoms in total. The highest BCUT2D eigenvalue weighted by Crippen LogP contribution is 2.27. The van der Waals surface area contributed by atoms with Gasteiger partial charge in [0.1, 0.15) is 11.6 Å². The zero-order valence-corrected chi connectivity index (χ0v) is 17.9. The van der Waals surface area contributed by atoms with Crippen molar-refractivity contribution in [3.8, 4) is 11.3 Å². The average Bonchev–Trinajstić information content (AvgIpc) is 2.75. The molecule has 6 N–H and O–H groups in total. The van der Waals surface area contributed by atoms with Gasteiger partial charge in [0.05, 0.1) is 11.3 Å². The van der Waals surface area contributed by atoms with Crippen LogP contribution < -0.4 is 22.1 Å². The number of primary amides is 1. The number of nitrogens with two attached hydrogens (primary N) is 2. The summed E-state index contributed by atoms with van der Waals surface area (Å²) in [5, 5.41) is 5.97. The molecule has 2 aromatic heterocycles. The number of rotatable bonds is 9. The van der Waals surface area contributed by atoms with Crippen LogP contribution in [0.2, 0.25) is 0 Å².